The third-order valence-corrected chi connectivity index (χ3v) is 8.43. The van der Waals surface area contributed by atoms with Crippen LogP contribution in [0.2, 0.25) is 0 Å². The van der Waals surface area contributed by atoms with E-state index in [2.05, 4.69) is 32.9 Å². The molecule has 5 heteroatoms. The van der Waals surface area contributed by atoms with E-state index in [4.69, 9.17) is 9.47 Å². The average Bonchev–Trinajstić information content (AvgIpc) is 3.10. The van der Waals surface area contributed by atoms with Crippen LogP contribution in [0, 0.1) is 17.8 Å². The molecule has 0 radical (unpaired) electrons. The monoisotopic (exact) mass is 442 g/mol. The number of allylic oxidation sites excluding steroid dienone is 3. The van der Waals surface area contributed by atoms with Crippen LogP contribution in [0.3, 0.4) is 0 Å². The Labute approximate surface area is 191 Å². The fraction of sp³-hybridized carbons (Fsp3) is 0.630. The maximum atomic E-state index is 10.8. The number of phenolic OH excluding ortho intramolecular Hbond substituents is 2. The van der Waals surface area contributed by atoms with Gasteiger partial charge in [0.15, 0.2) is 0 Å². The molecule has 0 unspecified atom stereocenters. The van der Waals surface area contributed by atoms with E-state index in [0.29, 0.717) is 30.4 Å². The maximum absolute atomic E-state index is 10.8. The molecule has 2 heterocycles. The van der Waals surface area contributed by atoms with Crippen molar-refractivity contribution in [3.05, 3.63) is 46.7 Å². The molecule has 4 rings (SSSR count). The summed E-state index contributed by atoms with van der Waals surface area (Å²) >= 11 is 0. The topological polar surface area (TPSA) is 79.2 Å². The second-order valence-corrected chi connectivity index (χ2v) is 11.2. The second kappa shape index (κ2) is 7.53. The molecule has 0 aromatic heterocycles. The normalized spacial score (nSPS) is 36.2. The summed E-state index contributed by atoms with van der Waals surface area (Å²) in [7, 11) is 0. The molecule has 2 aliphatic heterocycles. The molecule has 32 heavy (non-hydrogen) atoms. The van der Waals surface area contributed by atoms with Gasteiger partial charge in [0.1, 0.15) is 17.3 Å². The van der Waals surface area contributed by atoms with E-state index in [9.17, 15) is 15.3 Å². The number of aryl methyl sites for hydroxylation is 1. The highest BCUT2D eigenvalue weighted by Crippen LogP contribution is 2.67. The number of aromatic hydroxyl groups is 2. The molecule has 3 aliphatic rings. The predicted octanol–water partition coefficient (Wildman–Crippen LogP) is 5.65. The summed E-state index contributed by atoms with van der Waals surface area (Å²) in [5.74, 6) is 0.451. The smallest absolute Gasteiger partial charge is 0.219 e. The third-order valence-electron chi connectivity index (χ3n) is 8.43. The van der Waals surface area contributed by atoms with E-state index in [-0.39, 0.29) is 22.3 Å². The lowest BCUT2D eigenvalue weighted by atomic mass is 9.60. The van der Waals surface area contributed by atoms with E-state index in [0.717, 1.165) is 30.6 Å². The Morgan fingerprint density at radius 2 is 1.88 bits per heavy atom. The lowest BCUT2D eigenvalue weighted by molar-refractivity contribution is -0.309. The van der Waals surface area contributed by atoms with E-state index >= 15 is 0 Å². The molecule has 1 aliphatic carbocycles. The van der Waals surface area contributed by atoms with Gasteiger partial charge in [-0.1, -0.05) is 31.9 Å². The summed E-state index contributed by atoms with van der Waals surface area (Å²) in [6, 6.07) is 3.17. The van der Waals surface area contributed by atoms with Crippen LogP contribution in [0.25, 0.3) is 0 Å². The summed E-state index contributed by atoms with van der Waals surface area (Å²) in [6.45, 7) is 12.3. The minimum Gasteiger partial charge on any atom is -0.508 e. The van der Waals surface area contributed by atoms with Crippen LogP contribution < -0.4 is 0 Å². The van der Waals surface area contributed by atoms with Gasteiger partial charge in [0.2, 0.25) is 5.79 Å². The predicted molar refractivity (Wildman–Crippen MR) is 124 cm³/mol. The van der Waals surface area contributed by atoms with Crippen LogP contribution in [-0.4, -0.2) is 32.8 Å². The Morgan fingerprint density at radius 1 is 1.16 bits per heavy atom. The van der Waals surface area contributed by atoms with Crippen molar-refractivity contribution in [3.8, 4) is 11.5 Å². The molecule has 0 bridgehead atoms. The minimum absolute atomic E-state index is 0.0540. The SMILES string of the molecule is C/C(=C\Cc1cc(O)cc(C)c1O)CC1=C[C@@]2(C)CCC[C@@]2(C)[C@]2(C[C@H](O)C(C)(C)O2)O1. The number of fused-ring (bicyclic) bond motifs is 2. The first-order valence-corrected chi connectivity index (χ1v) is 11.8. The van der Waals surface area contributed by atoms with Gasteiger partial charge < -0.3 is 24.8 Å². The van der Waals surface area contributed by atoms with Gasteiger partial charge in [-0.15, -0.1) is 0 Å². The Bertz CT molecular complexity index is 977. The van der Waals surface area contributed by atoms with Gasteiger partial charge in [-0.3, -0.25) is 0 Å². The lowest BCUT2D eigenvalue weighted by Gasteiger charge is -2.54. The van der Waals surface area contributed by atoms with Gasteiger partial charge in [0.25, 0.3) is 0 Å². The number of hydrogen-bond donors (Lipinski definition) is 3. The Balaban J connectivity index is 1.60. The molecule has 5 nitrogen and oxygen atoms in total. The number of benzene rings is 1. The molecule has 1 saturated carbocycles. The van der Waals surface area contributed by atoms with Crippen LogP contribution in [-0.2, 0) is 15.9 Å². The molecule has 4 atom stereocenters. The van der Waals surface area contributed by atoms with Crippen molar-refractivity contribution in [2.45, 2.75) is 97.6 Å². The van der Waals surface area contributed by atoms with Crippen molar-refractivity contribution in [1.29, 1.82) is 0 Å². The standard InChI is InChI=1S/C27H38O5/c1-17(8-9-19-14-20(28)13-18(2)23(19)30)12-21-15-25(5)10-7-11-26(25,6)27(31-21)16-22(29)24(3,4)32-27/h8,13-15,22,28-30H,7,9-12,16H2,1-6H3/b17-8+/t22-,25+,26+,27+/m0/s1. The fourth-order valence-electron chi connectivity index (χ4n) is 6.08. The van der Waals surface area contributed by atoms with Crippen LogP contribution in [0.1, 0.15) is 77.8 Å². The average molecular weight is 443 g/mol. The number of aliphatic hydroxyl groups excluding tert-OH is 1. The molecule has 1 saturated heterocycles. The Kier molecular flexibility index (Phi) is 5.45. The van der Waals surface area contributed by atoms with Gasteiger partial charge in [-0.2, -0.15) is 0 Å². The summed E-state index contributed by atoms with van der Waals surface area (Å²) in [5, 5.41) is 31.0. The van der Waals surface area contributed by atoms with Crippen molar-refractivity contribution < 1.29 is 24.8 Å². The van der Waals surface area contributed by atoms with Crippen LogP contribution >= 0.6 is 0 Å². The molecule has 1 spiro atoms. The third kappa shape index (κ3) is 3.54. The zero-order valence-electron chi connectivity index (χ0n) is 20.3. The van der Waals surface area contributed by atoms with Gasteiger partial charge in [-0.25, -0.2) is 0 Å². The highest BCUT2D eigenvalue weighted by molar-refractivity contribution is 5.46. The van der Waals surface area contributed by atoms with Gasteiger partial charge >= 0.3 is 0 Å². The van der Waals surface area contributed by atoms with Gasteiger partial charge in [0.05, 0.1) is 11.7 Å². The quantitative estimate of drug-likeness (QED) is 0.415. The number of aliphatic hydroxyl groups is 1. The summed E-state index contributed by atoms with van der Waals surface area (Å²) in [5.41, 5.74) is 1.60. The molecule has 1 aromatic carbocycles. The van der Waals surface area contributed by atoms with Crippen molar-refractivity contribution in [2.24, 2.45) is 10.8 Å². The number of phenols is 2. The Morgan fingerprint density at radius 3 is 2.53 bits per heavy atom. The van der Waals surface area contributed by atoms with E-state index in [1.807, 2.05) is 13.8 Å². The zero-order chi connectivity index (χ0) is 23.5. The largest absolute Gasteiger partial charge is 0.508 e. The molecule has 0 amide bonds. The summed E-state index contributed by atoms with van der Waals surface area (Å²) in [4.78, 5) is 0. The zero-order valence-corrected chi connectivity index (χ0v) is 20.3. The van der Waals surface area contributed by atoms with E-state index < -0.39 is 17.5 Å². The molecule has 1 aromatic rings. The second-order valence-electron chi connectivity index (χ2n) is 11.2. The van der Waals surface area contributed by atoms with Crippen LogP contribution in [0.4, 0.5) is 0 Å². The summed E-state index contributed by atoms with van der Waals surface area (Å²) in [6.07, 6.45) is 8.66. The van der Waals surface area contributed by atoms with Gasteiger partial charge in [-0.05, 0) is 70.7 Å². The van der Waals surface area contributed by atoms with Crippen LogP contribution in [0.15, 0.2) is 35.6 Å². The highest BCUT2D eigenvalue weighted by atomic mass is 16.7. The maximum Gasteiger partial charge on any atom is 0.219 e. The first kappa shape index (κ1) is 23.2. The number of rotatable bonds is 4. The lowest BCUT2D eigenvalue weighted by Crippen LogP contribution is -2.57. The first-order chi connectivity index (χ1) is 14.8. The van der Waals surface area contributed by atoms with Crippen molar-refractivity contribution in [1.82, 2.24) is 0 Å². The van der Waals surface area contributed by atoms with E-state index in [1.54, 1.807) is 19.1 Å². The van der Waals surface area contributed by atoms with E-state index in [1.165, 1.54) is 0 Å². The Hall–Kier alpha value is -1.98. The molecular formula is C27H38O5. The molecule has 176 valence electrons. The molecule has 2 fully saturated rings. The van der Waals surface area contributed by atoms with Gasteiger partial charge in [0, 0.05) is 29.2 Å². The minimum atomic E-state index is -0.827. The molecular weight excluding hydrogens is 404 g/mol. The van der Waals surface area contributed by atoms with Crippen molar-refractivity contribution >= 4 is 0 Å². The molecule has 3 N–H and O–H groups in total. The highest BCUT2D eigenvalue weighted by Gasteiger charge is 2.69. The first-order valence-electron chi connectivity index (χ1n) is 11.8. The number of ether oxygens (including phenoxy) is 2. The van der Waals surface area contributed by atoms with Crippen molar-refractivity contribution in [3.63, 3.8) is 0 Å². The number of hydrogen-bond acceptors (Lipinski definition) is 5. The van der Waals surface area contributed by atoms with Crippen LogP contribution in [0.5, 0.6) is 11.5 Å². The van der Waals surface area contributed by atoms with Crippen molar-refractivity contribution in [2.75, 3.05) is 0 Å². The fourth-order valence-corrected chi connectivity index (χ4v) is 6.08. The summed E-state index contributed by atoms with van der Waals surface area (Å²) < 4.78 is 13.2.